The summed E-state index contributed by atoms with van der Waals surface area (Å²) in [5, 5.41) is 14.6. The first-order valence-electron chi connectivity index (χ1n) is 10.7. The third-order valence-electron chi connectivity index (χ3n) is 7.32. The maximum absolute atomic E-state index is 10.8. The summed E-state index contributed by atoms with van der Waals surface area (Å²) < 4.78 is 31.2. The molecule has 1 aromatic carbocycles. The summed E-state index contributed by atoms with van der Waals surface area (Å²) in [5.74, 6) is 1.32. The van der Waals surface area contributed by atoms with Gasteiger partial charge in [0, 0.05) is 24.5 Å². The molecule has 2 aliphatic heterocycles. The lowest BCUT2D eigenvalue weighted by Crippen LogP contribution is -2.59. The highest BCUT2D eigenvalue weighted by Gasteiger charge is 2.51. The van der Waals surface area contributed by atoms with Gasteiger partial charge in [-0.15, -0.1) is 0 Å². The minimum Gasteiger partial charge on any atom is -0.506 e. The number of fused-ring (bicyclic) bond motifs is 1. The highest BCUT2D eigenvalue weighted by Crippen LogP contribution is 2.55. The summed E-state index contributed by atoms with van der Waals surface area (Å²) in [4.78, 5) is 11.1. The van der Waals surface area contributed by atoms with Crippen LogP contribution in [-0.2, 0) is 16.6 Å². The van der Waals surface area contributed by atoms with Crippen LogP contribution in [0.2, 0.25) is 0 Å². The normalized spacial score (nSPS) is 30.7. The number of hydrogen-bond donors (Lipinski definition) is 2. The first kappa shape index (κ1) is 20.5. The number of nitrogens with one attached hydrogen (secondary N) is 1. The smallest absolute Gasteiger partial charge is 0.446 e. The van der Waals surface area contributed by atoms with Crippen molar-refractivity contribution in [2.45, 2.75) is 69.0 Å². The van der Waals surface area contributed by atoms with E-state index in [0.717, 1.165) is 37.7 Å². The van der Waals surface area contributed by atoms with Gasteiger partial charge in [-0.25, -0.2) is 0 Å². The van der Waals surface area contributed by atoms with Crippen LogP contribution in [0.15, 0.2) is 12.1 Å². The monoisotopic (exact) mass is 410 g/mol. The summed E-state index contributed by atoms with van der Waals surface area (Å²) >= 11 is 0. The fourth-order valence-corrected chi connectivity index (χ4v) is 6.17. The van der Waals surface area contributed by atoms with E-state index in [1.54, 1.807) is 0 Å². The van der Waals surface area contributed by atoms with Crippen molar-refractivity contribution in [1.82, 2.24) is 5.32 Å². The van der Waals surface area contributed by atoms with Gasteiger partial charge in [-0.3, -0.25) is 4.79 Å². The number of carbonyl (C=O) groups is 1. The van der Waals surface area contributed by atoms with E-state index in [1.807, 2.05) is 0 Å². The molecule has 29 heavy (non-hydrogen) atoms. The molecule has 1 aromatic rings. The second kappa shape index (κ2) is 7.82. The predicted molar refractivity (Wildman–Crippen MR) is 105 cm³/mol. The number of piperidine rings is 1. The van der Waals surface area contributed by atoms with E-state index in [9.17, 15) is 18.3 Å². The zero-order chi connectivity index (χ0) is 20.6. The van der Waals surface area contributed by atoms with Gasteiger partial charge in [-0.1, -0.05) is 12.8 Å². The number of benzene rings is 1. The molecular weight excluding hydrogens is 381 g/mol. The van der Waals surface area contributed by atoms with E-state index in [0.29, 0.717) is 17.2 Å². The van der Waals surface area contributed by atoms with Crippen LogP contribution in [0, 0.1) is 5.92 Å². The molecule has 0 unspecified atom stereocenters. The molecule has 1 saturated carbocycles. The van der Waals surface area contributed by atoms with Gasteiger partial charge >= 0.3 is 6.18 Å². The summed E-state index contributed by atoms with van der Waals surface area (Å²) in [5.41, 5.74) is 4.45. The zero-order valence-corrected chi connectivity index (χ0v) is 16.6. The molecule has 2 N–H and O–H groups in total. The number of anilines is 1. The molecule has 4 nitrogen and oxygen atoms in total. The van der Waals surface area contributed by atoms with Crippen molar-refractivity contribution >= 4 is 12.0 Å². The van der Waals surface area contributed by atoms with Crippen LogP contribution in [0.25, 0.3) is 0 Å². The van der Waals surface area contributed by atoms with Crippen molar-refractivity contribution in [2.75, 3.05) is 24.5 Å². The highest BCUT2D eigenvalue weighted by molar-refractivity contribution is 5.64. The minimum atomic E-state index is -4.64. The van der Waals surface area contributed by atoms with Gasteiger partial charge in [0.15, 0.2) is 0 Å². The van der Waals surface area contributed by atoms with Gasteiger partial charge in [0.05, 0.1) is 5.69 Å². The molecule has 3 atom stereocenters. The van der Waals surface area contributed by atoms with E-state index in [-0.39, 0.29) is 0 Å². The van der Waals surface area contributed by atoms with Crippen LogP contribution in [0.4, 0.5) is 18.9 Å². The molecule has 0 radical (unpaired) electrons. The maximum atomic E-state index is 10.8. The second-order valence-electron chi connectivity index (χ2n) is 8.87. The Balaban J connectivity index is 0.000000302. The summed E-state index contributed by atoms with van der Waals surface area (Å²) in [7, 11) is 0. The Labute approximate surface area is 169 Å². The van der Waals surface area contributed by atoms with Gasteiger partial charge < -0.3 is 15.3 Å². The number of halogens is 3. The molecule has 2 bridgehead atoms. The Hall–Kier alpha value is -1.76. The largest absolute Gasteiger partial charge is 0.506 e. The lowest BCUT2D eigenvalue weighted by molar-refractivity contribution is -0.156. The molecule has 2 saturated heterocycles. The quantitative estimate of drug-likeness (QED) is 0.685. The Bertz CT molecular complexity index is 757. The van der Waals surface area contributed by atoms with Crippen molar-refractivity contribution in [3.05, 3.63) is 23.3 Å². The average molecular weight is 410 g/mol. The van der Waals surface area contributed by atoms with Crippen LogP contribution >= 0.6 is 0 Å². The number of phenolic OH excluding ortho intramolecular Hbond substituents is 1. The third-order valence-corrected chi connectivity index (χ3v) is 7.32. The Morgan fingerprint density at radius 3 is 2.55 bits per heavy atom. The Kier molecular flexibility index (Phi) is 5.53. The Morgan fingerprint density at radius 1 is 1.14 bits per heavy atom. The third kappa shape index (κ3) is 3.86. The van der Waals surface area contributed by atoms with E-state index in [2.05, 4.69) is 22.3 Å². The highest BCUT2D eigenvalue weighted by atomic mass is 19.4. The molecule has 0 spiro atoms. The number of aromatic hydroxyl groups is 1. The van der Waals surface area contributed by atoms with Crippen molar-refractivity contribution in [3.63, 3.8) is 0 Å². The molecule has 4 aliphatic rings. The number of aldehydes is 1. The fraction of sp³-hybridized carbons (Fsp3) is 0.682. The maximum Gasteiger partial charge on any atom is 0.446 e. The van der Waals surface area contributed by atoms with Crippen LogP contribution in [0.1, 0.15) is 56.1 Å². The molecule has 2 aliphatic carbocycles. The lowest BCUT2D eigenvalue weighted by Gasteiger charge is -2.56. The molecule has 0 amide bonds. The van der Waals surface area contributed by atoms with E-state index in [4.69, 9.17) is 4.79 Å². The topological polar surface area (TPSA) is 52.6 Å². The van der Waals surface area contributed by atoms with Crippen LogP contribution in [0.3, 0.4) is 0 Å². The van der Waals surface area contributed by atoms with Gasteiger partial charge in [-0.05, 0) is 74.2 Å². The van der Waals surface area contributed by atoms with Crippen molar-refractivity contribution in [3.8, 4) is 5.75 Å². The predicted octanol–water partition coefficient (Wildman–Crippen LogP) is 4.09. The summed E-state index contributed by atoms with van der Waals surface area (Å²) in [6, 6.07) is 5.17. The SMILES string of the molecule is O=CC(F)(F)F.Oc1cc2c(cc1N1CCCC1)C[C@@H]1NCC[C@]23CCCC[C@H]13. The minimum absolute atomic E-state index is 0.350. The Morgan fingerprint density at radius 2 is 1.86 bits per heavy atom. The second-order valence-corrected chi connectivity index (χ2v) is 8.87. The van der Waals surface area contributed by atoms with Crippen molar-refractivity contribution < 1.29 is 23.1 Å². The number of alkyl halides is 3. The number of nitrogens with zero attached hydrogens (tertiary/aromatic N) is 1. The van der Waals surface area contributed by atoms with Crippen molar-refractivity contribution in [2.24, 2.45) is 5.92 Å². The number of hydrogen-bond acceptors (Lipinski definition) is 4. The molecule has 3 fully saturated rings. The van der Waals surface area contributed by atoms with Gasteiger partial charge in [0.1, 0.15) is 5.75 Å². The molecule has 5 rings (SSSR count). The summed E-state index contributed by atoms with van der Waals surface area (Å²) in [6.07, 6.45) is 4.66. The van der Waals surface area contributed by atoms with Crippen LogP contribution < -0.4 is 10.2 Å². The van der Waals surface area contributed by atoms with Gasteiger partial charge in [-0.2, -0.15) is 13.2 Å². The zero-order valence-electron chi connectivity index (χ0n) is 16.6. The van der Waals surface area contributed by atoms with Gasteiger partial charge in [0.2, 0.25) is 6.29 Å². The van der Waals surface area contributed by atoms with Gasteiger partial charge in [0.25, 0.3) is 0 Å². The van der Waals surface area contributed by atoms with E-state index < -0.39 is 12.5 Å². The molecular formula is C22H29F3N2O2. The lowest BCUT2D eigenvalue weighted by atomic mass is 9.53. The molecule has 7 heteroatoms. The summed E-state index contributed by atoms with van der Waals surface area (Å²) in [6.45, 7) is 3.35. The molecule has 2 heterocycles. The van der Waals surface area contributed by atoms with Crippen LogP contribution in [-0.4, -0.2) is 43.2 Å². The van der Waals surface area contributed by atoms with E-state index >= 15 is 0 Å². The van der Waals surface area contributed by atoms with Crippen molar-refractivity contribution in [1.29, 1.82) is 0 Å². The number of carbonyl (C=O) groups excluding carboxylic acids is 1. The standard InChI is InChI=1S/C20H28N2O.C2HF3O/c23-19-13-16-14(12-18(19)22-9-3-4-10-22)11-17-15-5-1-2-6-20(15,16)7-8-21-17;3-2(4,5)1-6/h12-13,15,17,21,23H,1-11H2;1H/t15-,17+,20+;/m1./s1. The first-order valence-corrected chi connectivity index (χ1v) is 10.7. The first-order chi connectivity index (χ1) is 13.8. The van der Waals surface area contributed by atoms with E-state index in [1.165, 1.54) is 56.1 Å². The van der Waals surface area contributed by atoms with Crippen LogP contribution in [0.5, 0.6) is 5.75 Å². The average Bonchev–Trinajstić information content (AvgIpc) is 3.23. The molecule has 0 aromatic heterocycles. The number of phenols is 1. The number of rotatable bonds is 1. The molecule has 160 valence electrons. The fourth-order valence-electron chi connectivity index (χ4n) is 6.17.